The largest absolute Gasteiger partial charge is 0.368 e. The third-order valence-electron chi connectivity index (χ3n) is 1.50. The second-order valence-electron chi connectivity index (χ2n) is 3.42. The predicted molar refractivity (Wildman–Crippen MR) is 56.9 cm³/mol. The molecule has 2 amide bonds. The van der Waals surface area contributed by atoms with Crippen LogP contribution in [0.15, 0.2) is 0 Å². The Balaban J connectivity index is 0. The Morgan fingerprint density at radius 2 is 1.86 bits per heavy atom. The number of nitrogens with two attached hydrogens (primary N) is 2. The smallest absolute Gasteiger partial charge is 0.237 e. The zero-order valence-corrected chi connectivity index (χ0v) is 9.26. The van der Waals surface area contributed by atoms with Gasteiger partial charge in [-0.25, -0.2) is 0 Å². The summed E-state index contributed by atoms with van der Waals surface area (Å²) >= 11 is 0. The zero-order chi connectivity index (χ0) is 10.4. The summed E-state index contributed by atoms with van der Waals surface area (Å²) < 4.78 is 0. The monoisotopic (exact) mass is 223 g/mol. The van der Waals surface area contributed by atoms with Gasteiger partial charge in [0, 0.05) is 0 Å². The molecule has 0 rings (SSSR count). The molecule has 5 N–H and O–H groups in total. The molecule has 0 heterocycles. The van der Waals surface area contributed by atoms with Crippen molar-refractivity contribution in [1.82, 2.24) is 5.32 Å². The highest BCUT2D eigenvalue weighted by atomic mass is 35.5. The highest BCUT2D eigenvalue weighted by molar-refractivity contribution is 5.86. The molecule has 5 nitrogen and oxygen atoms in total. The SMILES string of the molecule is CC(C)CC(N)C(=O)NCC(N)=O.Cl. The third kappa shape index (κ3) is 7.82. The average molecular weight is 224 g/mol. The summed E-state index contributed by atoms with van der Waals surface area (Å²) in [5.74, 6) is -0.535. The molecule has 0 fully saturated rings. The molecule has 6 heteroatoms. The van der Waals surface area contributed by atoms with E-state index in [2.05, 4.69) is 5.32 Å². The van der Waals surface area contributed by atoms with E-state index in [4.69, 9.17) is 11.5 Å². The molecule has 0 spiro atoms. The maximum Gasteiger partial charge on any atom is 0.237 e. The molecule has 0 aliphatic heterocycles. The van der Waals surface area contributed by atoms with E-state index in [1.54, 1.807) is 0 Å². The summed E-state index contributed by atoms with van der Waals surface area (Å²) in [5, 5.41) is 2.35. The van der Waals surface area contributed by atoms with Crippen molar-refractivity contribution in [3.8, 4) is 0 Å². The molecule has 0 bridgehead atoms. The van der Waals surface area contributed by atoms with Crippen molar-refractivity contribution in [1.29, 1.82) is 0 Å². The minimum absolute atomic E-state index is 0. The maximum atomic E-state index is 11.1. The Bertz CT molecular complexity index is 197. The van der Waals surface area contributed by atoms with E-state index in [1.807, 2.05) is 13.8 Å². The number of primary amides is 1. The van der Waals surface area contributed by atoms with E-state index in [0.29, 0.717) is 12.3 Å². The van der Waals surface area contributed by atoms with Gasteiger partial charge < -0.3 is 16.8 Å². The van der Waals surface area contributed by atoms with Gasteiger partial charge in [0.2, 0.25) is 11.8 Å². The molecule has 0 aromatic rings. The van der Waals surface area contributed by atoms with Gasteiger partial charge in [0.05, 0.1) is 12.6 Å². The van der Waals surface area contributed by atoms with Crippen LogP contribution in [0.2, 0.25) is 0 Å². The highest BCUT2D eigenvalue weighted by Crippen LogP contribution is 2.01. The highest BCUT2D eigenvalue weighted by Gasteiger charge is 2.14. The number of rotatable bonds is 5. The van der Waals surface area contributed by atoms with Crippen LogP contribution in [0.3, 0.4) is 0 Å². The van der Waals surface area contributed by atoms with Crippen molar-refractivity contribution in [3.63, 3.8) is 0 Å². The molecule has 0 saturated heterocycles. The van der Waals surface area contributed by atoms with Crippen LogP contribution in [0.5, 0.6) is 0 Å². The lowest BCUT2D eigenvalue weighted by Gasteiger charge is -2.12. The van der Waals surface area contributed by atoms with Crippen LogP contribution in [0, 0.1) is 5.92 Å². The lowest BCUT2D eigenvalue weighted by Crippen LogP contribution is -2.44. The van der Waals surface area contributed by atoms with Crippen molar-refractivity contribution in [3.05, 3.63) is 0 Å². The molecule has 0 aliphatic rings. The van der Waals surface area contributed by atoms with E-state index in [1.165, 1.54) is 0 Å². The molecule has 0 aromatic heterocycles. The fraction of sp³-hybridized carbons (Fsp3) is 0.750. The summed E-state index contributed by atoms with van der Waals surface area (Å²) in [7, 11) is 0. The van der Waals surface area contributed by atoms with Crippen LogP contribution in [-0.4, -0.2) is 24.4 Å². The number of amides is 2. The Hall–Kier alpha value is -0.810. The van der Waals surface area contributed by atoms with Gasteiger partial charge in [-0.05, 0) is 12.3 Å². The van der Waals surface area contributed by atoms with Crippen molar-refractivity contribution < 1.29 is 9.59 Å². The first-order valence-electron chi connectivity index (χ1n) is 4.25. The van der Waals surface area contributed by atoms with Crippen LogP contribution in [-0.2, 0) is 9.59 Å². The molecule has 0 aliphatic carbocycles. The molecule has 0 saturated carbocycles. The molecule has 1 unspecified atom stereocenters. The van der Waals surface area contributed by atoms with E-state index in [0.717, 1.165) is 0 Å². The van der Waals surface area contributed by atoms with Crippen LogP contribution >= 0.6 is 12.4 Å². The Morgan fingerprint density at radius 3 is 2.21 bits per heavy atom. The second-order valence-corrected chi connectivity index (χ2v) is 3.42. The zero-order valence-electron chi connectivity index (χ0n) is 8.45. The van der Waals surface area contributed by atoms with Crippen LogP contribution in [0.1, 0.15) is 20.3 Å². The summed E-state index contributed by atoms with van der Waals surface area (Å²) in [6.07, 6.45) is 0.602. The van der Waals surface area contributed by atoms with E-state index in [9.17, 15) is 9.59 Å². The molecule has 0 aromatic carbocycles. The summed E-state index contributed by atoms with van der Waals surface area (Å²) in [5.41, 5.74) is 10.4. The standard InChI is InChI=1S/C8H17N3O2.ClH/c1-5(2)3-6(9)8(13)11-4-7(10)12;/h5-6H,3-4,9H2,1-2H3,(H2,10,12)(H,11,13);1H. The molecular formula is C8H18ClN3O2. The Labute approximate surface area is 90.0 Å². The molecule has 84 valence electrons. The van der Waals surface area contributed by atoms with Crippen molar-refractivity contribution >= 4 is 24.2 Å². The summed E-state index contributed by atoms with van der Waals surface area (Å²) in [4.78, 5) is 21.5. The number of hydrogen-bond acceptors (Lipinski definition) is 3. The summed E-state index contributed by atoms with van der Waals surface area (Å²) in [6, 6.07) is -0.556. The second kappa shape index (κ2) is 7.58. The van der Waals surface area contributed by atoms with Gasteiger partial charge in [0.25, 0.3) is 0 Å². The summed E-state index contributed by atoms with van der Waals surface area (Å²) in [6.45, 7) is 3.80. The van der Waals surface area contributed by atoms with Crippen molar-refractivity contribution in [2.75, 3.05) is 6.54 Å². The van der Waals surface area contributed by atoms with Gasteiger partial charge in [-0.1, -0.05) is 13.8 Å². The van der Waals surface area contributed by atoms with Gasteiger partial charge in [-0.3, -0.25) is 9.59 Å². The first-order chi connectivity index (χ1) is 5.93. The van der Waals surface area contributed by atoms with E-state index < -0.39 is 11.9 Å². The van der Waals surface area contributed by atoms with Gasteiger partial charge in [-0.2, -0.15) is 0 Å². The quantitative estimate of drug-likeness (QED) is 0.580. The molecule has 1 atom stereocenters. The fourth-order valence-corrected chi connectivity index (χ4v) is 0.920. The number of halogens is 1. The van der Waals surface area contributed by atoms with E-state index >= 15 is 0 Å². The minimum atomic E-state index is -0.565. The first-order valence-corrected chi connectivity index (χ1v) is 4.25. The molecule has 14 heavy (non-hydrogen) atoms. The first kappa shape index (κ1) is 15.7. The third-order valence-corrected chi connectivity index (χ3v) is 1.50. The average Bonchev–Trinajstić information content (AvgIpc) is 1.98. The predicted octanol–water partition coefficient (Wildman–Crippen LogP) is -0.617. The minimum Gasteiger partial charge on any atom is -0.368 e. The van der Waals surface area contributed by atoms with Crippen LogP contribution in [0.4, 0.5) is 0 Å². The fourth-order valence-electron chi connectivity index (χ4n) is 0.920. The van der Waals surface area contributed by atoms with Gasteiger partial charge in [0.1, 0.15) is 0 Å². The Morgan fingerprint density at radius 1 is 1.36 bits per heavy atom. The van der Waals surface area contributed by atoms with Crippen LogP contribution in [0.25, 0.3) is 0 Å². The lowest BCUT2D eigenvalue weighted by molar-refractivity contribution is -0.125. The molecule has 0 radical (unpaired) electrons. The topological polar surface area (TPSA) is 98.2 Å². The van der Waals surface area contributed by atoms with Gasteiger partial charge in [0.15, 0.2) is 0 Å². The number of carbonyl (C=O) groups is 2. The normalized spacial score (nSPS) is 11.7. The van der Waals surface area contributed by atoms with Gasteiger partial charge in [-0.15, -0.1) is 12.4 Å². The number of hydrogen-bond donors (Lipinski definition) is 3. The van der Waals surface area contributed by atoms with Gasteiger partial charge >= 0.3 is 0 Å². The van der Waals surface area contributed by atoms with Crippen LogP contribution < -0.4 is 16.8 Å². The van der Waals surface area contributed by atoms with Crippen molar-refractivity contribution in [2.24, 2.45) is 17.4 Å². The molecular weight excluding hydrogens is 206 g/mol. The lowest BCUT2D eigenvalue weighted by atomic mass is 10.0. The Kier molecular flexibility index (Phi) is 8.48. The van der Waals surface area contributed by atoms with Crippen molar-refractivity contribution in [2.45, 2.75) is 26.3 Å². The number of nitrogens with one attached hydrogen (secondary N) is 1. The van der Waals surface area contributed by atoms with E-state index in [-0.39, 0.29) is 24.9 Å². The number of carbonyl (C=O) groups excluding carboxylic acids is 2. The maximum absolute atomic E-state index is 11.1.